The van der Waals surface area contributed by atoms with E-state index in [9.17, 15) is 14.4 Å². The summed E-state index contributed by atoms with van der Waals surface area (Å²) >= 11 is 0. The lowest BCUT2D eigenvalue weighted by Crippen LogP contribution is -2.30. The molecule has 356 valence electrons. The first kappa shape index (κ1) is 58.9. The Labute approximate surface area is 382 Å². The zero-order valence-electron chi connectivity index (χ0n) is 40.6. The summed E-state index contributed by atoms with van der Waals surface area (Å²) in [6.45, 7) is 6.44. The molecule has 0 aromatic carbocycles. The Morgan fingerprint density at radius 1 is 0.339 bits per heavy atom. The Bertz CT molecular complexity index is 1180. The van der Waals surface area contributed by atoms with Gasteiger partial charge in [0.2, 0.25) is 0 Å². The highest BCUT2D eigenvalue weighted by molar-refractivity contribution is 5.71. The van der Waals surface area contributed by atoms with Crippen molar-refractivity contribution >= 4 is 17.9 Å². The number of esters is 3. The fourth-order valence-electron chi connectivity index (χ4n) is 7.05. The van der Waals surface area contributed by atoms with E-state index >= 15 is 0 Å². The molecule has 0 radical (unpaired) electrons. The van der Waals surface area contributed by atoms with Crippen LogP contribution < -0.4 is 0 Å². The Morgan fingerprint density at radius 3 is 1.03 bits per heavy atom. The van der Waals surface area contributed by atoms with Crippen molar-refractivity contribution in [2.75, 3.05) is 13.2 Å². The average Bonchev–Trinajstić information content (AvgIpc) is 3.27. The van der Waals surface area contributed by atoms with Gasteiger partial charge in [-0.15, -0.1) is 0 Å². The van der Waals surface area contributed by atoms with E-state index in [1.54, 1.807) is 0 Å². The van der Waals surface area contributed by atoms with E-state index < -0.39 is 6.10 Å². The molecule has 0 N–H and O–H groups in total. The van der Waals surface area contributed by atoms with Crippen molar-refractivity contribution in [3.05, 3.63) is 72.9 Å². The van der Waals surface area contributed by atoms with Gasteiger partial charge in [-0.3, -0.25) is 14.4 Å². The zero-order chi connectivity index (χ0) is 45.1. The maximum atomic E-state index is 12.7. The molecule has 0 fully saturated rings. The van der Waals surface area contributed by atoms with Crippen LogP contribution in [-0.2, 0) is 28.6 Å². The average molecular weight is 865 g/mol. The lowest BCUT2D eigenvalue weighted by Gasteiger charge is -2.18. The number of hydrogen-bond donors (Lipinski definition) is 0. The highest BCUT2D eigenvalue weighted by atomic mass is 16.6. The van der Waals surface area contributed by atoms with Crippen molar-refractivity contribution in [3.8, 4) is 0 Å². The van der Waals surface area contributed by atoms with Crippen LogP contribution >= 0.6 is 0 Å². The van der Waals surface area contributed by atoms with Crippen LogP contribution in [-0.4, -0.2) is 37.2 Å². The molecule has 0 saturated carbocycles. The molecule has 0 spiro atoms. The van der Waals surface area contributed by atoms with E-state index in [0.717, 1.165) is 109 Å². The van der Waals surface area contributed by atoms with E-state index in [0.29, 0.717) is 19.3 Å². The van der Waals surface area contributed by atoms with E-state index in [2.05, 4.69) is 93.7 Å². The molecule has 6 heteroatoms. The Balaban J connectivity index is 4.18. The SMILES string of the molecule is CC/C=C\C/C=C\C/C=C\C/C=C\C/C=C\CCCCCCCCCCCC(=O)OCC(COC(=O)CCCCCCCCC)OC(=O)CCCCCCC/C=C\CCCCC. The van der Waals surface area contributed by atoms with Gasteiger partial charge < -0.3 is 14.2 Å². The number of hydrogen-bond acceptors (Lipinski definition) is 6. The zero-order valence-corrected chi connectivity index (χ0v) is 40.6. The molecular formula is C56H96O6. The van der Waals surface area contributed by atoms with Crippen molar-refractivity contribution in [1.29, 1.82) is 0 Å². The first-order valence-electron chi connectivity index (χ1n) is 25.9. The van der Waals surface area contributed by atoms with Crippen molar-refractivity contribution in [2.24, 2.45) is 0 Å². The Hall–Kier alpha value is -3.15. The third-order valence-electron chi connectivity index (χ3n) is 10.9. The molecular weight excluding hydrogens is 769 g/mol. The molecule has 0 bridgehead atoms. The lowest BCUT2D eigenvalue weighted by molar-refractivity contribution is -0.167. The summed E-state index contributed by atoms with van der Waals surface area (Å²) in [5, 5.41) is 0. The number of ether oxygens (including phenoxy) is 3. The monoisotopic (exact) mass is 865 g/mol. The summed E-state index contributed by atoms with van der Waals surface area (Å²) in [6, 6.07) is 0. The predicted octanol–water partition coefficient (Wildman–Crippen LogP) is 17.0. The second-order valence-electron chi connectivity index (χ2n) is 17.1. The summed E-state index contributed by atoms with van der Waals surface area (Å²) in [6.07, 6.45) is 63.3. The standard InChI is InChI=1S/C56H96O6/c1-4-7-10-13-16-18-20-22-23-24-25-26-27-28-29-30-31-32-33-34-36-37-40-43-46-49-55(58)61-52-53(51-60-54(57)48-45-42-39-15-12-9-6-3)62-56(59)50-47-44-41-38-35-21-19-17-14-11-8-5-2/h7,10,16-19,22-23,25-26,28-29,53H,4-6,8-9,11-15,20-21,24,27,30-52H2,1-3H3/b10-7-,18-16-,19-17-,23-22-,26-25-,29-28-. The molecule has 0 rings (SSSR count). The molecule has 1 atom stereocenters. The molecule has 0 aliphatic heterocycles. The van der Waals surface area contributed by atoms with Gasteiger partial charge in [0.15, 0.2) is 6.10 Å². The summed E-state index contributed by atoms with van der Waals surface area (Å²) in [4.78, 5) is 37.7. The minimum absolute atomic E-state index is 0.0797. The first-order chi connectivity index (χ1) is 30.5. The van der Waals surface area contributed by atoms with Crippen LogP contribution in [0.15, 0.2) is 72.9 Å². The minimum Gasteiger partial charge on any atom is -0.462 e. The molecule has 0 aromatic rings. The van der Waals surface area contributed by atoms with Crippen LogP contribution in [0.25, 0.3) is 0 Å². The highest BCUT2D eigenvalue weighted by Crippen LogP contribution is 2.14. The lowest BCUT2D eigenvalue weighted by atomic mass is 10.1. The highest BCUT2D eigenvalue weighted by Gasteiger charge is 2.19. The van der Waals surface area contributed by atoms with Gasteiger partial charge in [0.25, 0.3) is 0 Å². The van der Waals surface area contributed by atoms with Crippen LogP contribution in [0.5, 0.6) is 0 Å². The predicted molar refractivity (Wildman–Crippen MR) is 265 cm³/mol. The molecule has 0 aromatic heterocycles. The fraction of sp³-hybridized carbons (Fsp3) is 0.732. The van der Waals surface area contributed by atoms with Gasteiger partial charge in [-0.2, -0.15) is 0 Å². The van der Waals surface area contributed by atoms with Crippen molar-refractivity contribution in [2.45, 2.75) is 252 Å². The molecule has 1 unspecified atom stereocenters. The molecule has 0 aliphatic rings. The van der Waals surface area contributed by atoms with Crippen LogP contribution in [0.1, 0.15) is 245 Å². The molecule has 0 aliphatic carbocycles. The molecule has 0 heterocycles. The number of allylic oxidation sites excluding steroid dienone is 12. The topological polar surface area (TPSA) is 78.9 Å². The minimum atomic E-state index is -0.777. The fourth-order valence-corrected chi connectivity index (χ4v) is 7.05. The third kappa shape index (κ3) is 47.9. The second-order valence-corrected chi connectivity index (χ2v) is 17.1. The molecule has 0 amide bonds. The summed E-state index contributed by atoms with van der Waals surface area (Å²) in [5.41, 5.74) is 0. The van der Waals surface area contributed by atoms with Crippen molar-refractivity contribution in [3.63, 3.8) is 0 Å². The molecule has 6 nitrogen and oxygen atoms in total. The van der Waals surface area contributed by atoms with Gasteiger partial charge in [0.1, 0.15) is 13.2 Å². The van der Waals surface area contributed by atoms with Gasteiger partial charge >= 0.3 is 17.9 Å². The second kappa shape index (κ2) is 50.5. The summed E-state index contributed by atoms with van der Waals surface area (Å²) in [5.74, 6) is -0.902. The van der Waals surface area contributed by atoms with Gasteiger partial charge in [-0.25, -0.2) is 0 Å². The molecule has 62 heavy (non-hydrogen) atoms. The Morgan fingerprint density at radius 2 is 0.629 bits per heavy atom. The number of carbonyl (C=O) groups is 3. The van der Waals surface area contributed by atoms with E-state index in [1.165, 1.54) is 96.3 Å². The third-order valence-corrected chi connectivity index (χ3v) is 10.9. The summed E-state index contributed by atoms with van der Waals surface area (Å²) < 4.78 is 16.7. The van der Waals surface area contributed by atoms with Crippen LogP contribution in [0.4, 0.5) is 0 Å². The molecule has 0 saturated heterocycles. The van der Waals surface area contributed by atoms with E-state index in [1.807, 2.05) is 0 Å². The van der Waals surface area contributed by atoms with Crippen LogP contribution in [0, 0.1) is 0 Å². The van der Waals surface area contributed by atoms with Crippen molar-refractivity contribution in [1.82, 2.24) is 0 Å². The Kier molecular flexibility index (Phi) is 47.9. The summed E-state index contributed by atoms with van der Waals surface area (Å²) in [7, 11) is 0. The smallest absolute Gasteiger partial charge is 0.306 e. The van der Waals surface area contributed by atoms with Crippen LogP contribution in [0.2, 0.25) is 0 Å². The van der Waals surface area contributed by atoms with Crippen LogP contribution in [0.3, 0.4) is 0 Å². The number of carbonyl (C=O) groups excluding carboxylic acids is 3. The largest absolute Gasteiger partial charge is 0.462 e. The van der Waals surface area contributed by atoms with Gasteiger partial charge in [0.05, 0.1) is 0 Å². The van der Waals surface area contributed by atoms with Crippen molar-refractivity contribution < 1.29 is 28.6 Å². The van der Waals surface area contributed by atoms with E-state index in [4.69, 9.17) is 14.2 Å². The van der Waals surface area contributed by atoms with Gasteiger partial charge in [0, 0.05) is 19.3 Å². The van der Waals surface area contributed by atoms with Gasteiger partial charge in [-0.1, -0.05) is 209 Å². The maximum Gasteiger partial charge on any atom is 0.306 e. The quantitative estimate of drug-likeness (QED) is 0.0262. The number of unbranched alkanes of at least 4 members (excludes halogenated alkanes) is 23. The number of rotatable bonds is 46. The first-order valence-corrected chi connectivity index (χ1v) is 25.9. The maximum absolute atomic E-state index is 12.7. The van der Waals surface area contributed by atoms with E-state index in [-0.39, 0.29) is 31.1 Å². The normalized spacial score (nSPS) is 12.6. The van der Waals surface area contributed by atoms with Gasteiger partial charge in [-0.05, 0) is 89.9 Å².